The molecule has 1 aromatic heterocycles. The fourth-order valence-corrected chi connectivity index (χ4v) is 3.81. The monoisotopic (exact) mass is 427 g/mol. The van der Waals surface area contributed by atoms with Crippen LogP contribution in [0, 0.1) is 5.92 Å². The van der Waals surface area contributed by atoms with E-state index < -0.39 is 11.8 Å². The van der Waals surface area contributed by atoms with Gasteiger partial charge >= 0.3 is 11.8 Å². The third-order valence-electron chi connectivity index (χ3n) is 5.54. The maximum absolute atomic E-state index is 12.5. The van der Waals surface area contributed by atoms with Gasteiger partial charge in [-0.25, -0.2) is 4.68 Å². The molecule has 2 amide bonds. The lowest BCUT2D eigenvalue weighted by atomic mass is 10.0. The molecule has 0 aliphatic heterocycles. The Morgan fingerprint density at radius 1 is 1.19 bits per heavy atom. The van der Waals surface area contributed by atoms with Gasteiger partial charge in [-0.1, -0.05) is 39.8 Å². The van der Waals surface area contributed by atoms with Crippen molar-refractivity contribution in [2.24, 2.45) is 5.92 Å². The van der Waals surface area contributed by atoms with E-state index in [1.807, 2.05) is 16.8 Å². The molecule has 0 saturated heterocycles. The highest BCUT2D eigenvalue weighted by molar-refractivity contribution is 6.39. The van der Waals surface area contributed by atoms with Crippen molar-refractivity contribution in [3.8, 4) is 11.4 Å². The molecular formula is C22H33N7O2. The molecule has 3 rings (SSSR count). The smallest absolute Gasteiger partial charge is 0.313 e. The van der Waals surface area contributed by atoms with Crippen LogP contribution in [0.4, 0.5) is 5.69 Å². The highest BCUT2D eigenvalue weighted by atomic mass is 16.2. The first-order chi connectivity index (χ1) is 14.9. The van der Waals surface area contributed by atoms with Gasteiger partial charge in [0.05, 0.1) is 6.04 Å². The number of carbonyl (C=O) groups is 2. The summed E-state index contributed by atoms with van der Waals surface area (Å²) < 4.78 is 1.82. The Morgan fingerprint density at radius 3 is 2.58 bits per heavy atom. The van der Waals surface area contributed by atoms with Gasteiger partial charge in [0.1, 0.15) is 0 Å². The van der Waals surface area contributed by atoms with Crippen LogP contribution >= 0.6 is 0 Å². The van der Waals surface area contributed by atoms with E-state index in [2.05, 4.69) is 58.8 Å². The number of hydrogen-bond donors (Lipinski definition) is 2. The zero-order valence-corrected chi connectivity index (χ0v) is 18.8. The highest BCUT2D eigenvalue weighted by Crippen LogP contribution is 2.36. The second-order valence-corrected chi connectivity index (χ2v) is 8.43. The number of anilines is 1. The average molecular weight is 428 g/mol. The molecule has 0 radical (unpaired) electrons. The van der Waals surface area contributed by atoms with Crippen LogP contribution in [0.5, 0.6) is 0 Å². The SMILES string of the molecule is CCN(CC)[C@@H](CNC(=O)C(=O)Nc1cccc(-c2nnnn2C2CC2)c1)CC(C)C. The van der Waals surface area contributed by atoms with Crippen LogP contribution in [-0.4, -0.2) is 62.6 Å². The van der Waals surface area contributed by atoms with Crippen LogP contribution in [0.25, 0.3) is 11.4 Å². The summed E-state index contributed by atoms with van der Waals surface area (Å²) in [6, 6.07) is 7.79. The van der Waals surface area contributed by atoms with E-state index in [-0.39, 0.29) is 6.04 Å². The first-order valence-corrected chi connectivity index (χ1v) is 11.1. The van der Waals surface area contributed by atoms with Gasteiger partial charge < -0.3 is 10.6 Å². The van der Waals surface area contributed by atoms with E-state index in [1.165, 1.54) is 0 Å². The minimum absolute atomic E-state index is 0.205. The molecule has 1 saturated carbocycles. The second-order valence-electron chi connectivity index (χ2n) is 8.43. The molecule has 9 nitrogen and oxygen atoms in total. The Bertz CT molecular complexity index is 887. The maximum Gasteiger partial charge on any atom is 0.313 e. The minimum Gasteiger partial charge on any atom is -0.346 e. The zero-order valence-electron chi connectivity index (χ0n) is 18.8. The molecular weight excluding hydrogens is 394 g/mol. The van der Waals surface area contributed by atoms with Crippen molar-refractivity contribution in [2.75, 3.05) is 25.0 Å². The van der Waals surface area contributed by atoms with E-state index in [1.54, 1.807) is 12.1 Å². The fraction of sp³-hybridized carbons (Fsp3) is 0.591. The Balaban J connectivity index is 1.60. The first-order valence-electron chi connectivity index (χ1n) is 11.1. The number of aromatic nitrogens is 4. The largest absolute Gasteiger partial charge is 0.346 e. The van der Waals surface area contributed by atoms with E-state index in [0.29, 0.717) is 30.0 Å². The van der Waals surface area contributed by atoms with E-state index in [0.717, 1.165) is 37.9 Å². The summed E-state index contributed by atoms with van der Waals surface area (Å²) in [6.07, 6.45) is 3.10. The number of nitrogens with one attached hydrogen (secondary N) is 2. The predicted molar refractivity (Wildman–Crippen MR) is 119 cm³/mol. The second kappa shape index (κ2) is 10.5. The molecule has 0 spiro atoms. The molecule has 1 aliphatic carbocycles. The number of amides is 2. The molecule has 9 heteroatoms. The van der Waals surface area contributed by atoms with Crippen molar-refractivity contribution in [2.45, 2.75) is 59.0 Å². The fourth-order valence-electron chi connectivity index (χ4n) is 3.81. The lowest BCUT2D eigenvalue weighted by Crippen LogP contribution is -2.46. The van der Waals surface area contributed by atoms with Crippen molar-refractivity contribution < 1.29 is 9.59 Å². The predicted octanol–water partition coefficient (Wildman–Crippen LogP) is 2.49. The third-order valence-corrected chi connectivity index (χ3v) is 5.54. The molecule has 1 aromatic carbocycles. The average Bonchev–Trinajstić information content (AvgIpc) is 3.48. The summed E-state index contributed by atoms with van der Waals surface area (Å²) in [5.74, 6) is -0.138. The minimum atomic E-state index is -0.679. The van der Waals surface area contributed by atoms with Crippen molar-refractivity contribution in [3.63, 3.8) is 0 Å². The normalized spacial score (nSPS) is 14.6. The number of benzene rings is 1. The lowest BCUT2D eigenvalue weighted by molar-refractivity contribution is -0.136. The number of nitrogens with zero attached hydrogens (tertiary/aromatic N) is 5. The van der Waals surface area contributed by atoms with Gasteiger partial charge in [0.25, 0.3) is 0 Å². The summed E-state index contributed by atoms with van der Waals surface area (Å²) >= 11 is 0. The molecule has 1 heterocycles. The molecule has 0 bridgehead atoms. The molecule has 1 atom stereocenters. The summed E-state index contributed by atoms with van der Waals surface area (Å²) in [7, 11) is 0. The zero-order chi connectivity index (χ0) is 22.4. The maximum atomic E-state index is 12.5. The summed E-state index contributed by atoms with van der Waals surface area (Å²) in [5.41, 5.74) is 1.33. The lowest BCUT2D eigenvalue weighted by Gasteiger charge is -2.31. The molecule has 1 aliphatic rings. The van der Waals surface area contributed by atoms with Crippen molar-refractivity contribution in [3.05, 3.63) is 24.3 Å². The molecule has 168 valence electrons. The molecule has 31 heavy (non-hydrogen) atoms. The molecule has 0 unspecified atom stereocenters. The topological polar surface area (TPSA) is 105 Å². The van der Waals surface area contributed by atoms with Crippen LogP contribution < -0.4 is 10.6 Å². The molecule has 1 fully saturated rings. The Hall–Kier alpha value is -2.81. The summed E-state index contributed by atoms with van der Waals surface area (Å²) in [5, 5.41) is 17.4. The van der Waals surface area contributed by atoms with Gasteiger partial charge in [0.2, 0.25) is 0 Å². The number of carbonyl (C=O) groups excluding carboxylic acids is 2. The summed E-state index contributed by atoms with van der Waals surface area (Å²) in [6.45, 7) is 10.8. The molecule has 2 N–H and O–H groups in total. The molecule has 2 aromatic rings. The number of rotatable bonds is 10. The van der Waals surface area contributed by atoms with E-state index >= 15 is 0 Å². The van der Waals surface area contributed by atoms with Crippen molar-refractivity contribution in [1.29, 1.82) is 0 Å². The van der Waals surface area contributed by atoms with Gasteiger partial charge in [-0.05, 0) is 60.8 Å². The van der Waals surface area contributed by atoms with Crippen LogP contribution in [0.1, 0.15) is 53.0 Å². The van der Waals surface area contributed by atoms with E-state index in [4.69, 9.17) is 0 Å². The quantitative estimate of drug-likeness (QED) is 0.565. The van der Waals surface area contributed by atoms with Crippen LogP contribution in [-0.2, 0) is 9.59 Å². The first kappa shape index (κ1) is 22.9. The third kappa shape index (κ3) is 6.10. The summed E-state index contributed by atoms with van der Waals surface area (Å²) in [4.78, 5) is 27.2. The van der Waals surface area contributed by atoms with Crippen LogP contribution in [0.3, 0.4) is 0 Å². The van der Waals surface area contributed by atoms with Crippen LogP contribution in [0.2, 0.25) is 0 Å². The van der Waals surface area contributed by atoms with Gasteiger partial charge in [-0.3, -0.25) is 14.5 Å². The van der Waals surface area contributed by atoms with Gasteiger partial charge in [-0.15, -0.1) is 5.10 Å². The number of tetrazole rings is 1. The Labute approximate surface area is 183 Å². The van der Waals surface area contributed by atoms with Gasteiger partial charge in [-0.2, -0.15) is 0 Å². The van der Waals surface area contributed by atoms with Gasteiger partial charge in [0.15, 0.2) is 5.82 Å². The highest BCUT2D eigenvalue weighted by Gasteiger charge is 2.28. The van der Waals surface area contributed by atoms with Crippen molar-refractivity contribution >= 4 is 17.5 Å². The number of likely N-dealkylation sites (N-methyl/N-ethyl adjacent to an activating group) is 1. The van der Waals surface area contributed by atoms with Crippen LogP contribution in [0.15, 0.2) is 24.3 Å². The number of hydrogen-bond acceptors (Lipinski definition) is 6. The van der Waals surface area contributed by atoms with Gasteiger partial charge in [0, 0.05) is 23.8 Å². The van der Waals surface area contributed by atoms with E-state index in [9.17, 15) is 9.59 Å². The Kier molecular flexibility index (Phi) is 7.73. The standard InChI is InChI=1S/C22H33N7O2/c1-5-28(6-2)19(12-15(3)4)14-23-21(30)22(31)24-17-9-7-8-16(13-17)20-25-26-27-29(20)18-10-11-18/h7-9,13,15,18-19H,5-6,10-12,14H2,1-4H3,(H,23,30)(H,24,31)/t19-/m1/s1. The van der Waals surface area contributed by atoms with Crippen molar-refractivity contribution in [1.82, 2.24) is 30.4 Å². The Morgan fingerprint density at radius 2 is 1.94 bits per heavy atom.